The van der Waals surface area contributed by atoms with Crippen LogP contribution in [0.15, 0.2) is 6.20 Å². The van der Waals surface area contributed by atoms with Crippen molar-refractivity contribution in [3.8, 4) is 0 Å². The van der Waals surface area contributed by atoms with E-state index in [1.165, 1.54) is 29.3 Å². The molecule has 4 heteroatoms. The molecule has 2 rings (SSSR count). The molecule has 1 N–H and O–H groups in total. The van der Waals surface area contributed by atoms with E-state index < -0.39 is 0 Å². The summed E-state index contributed by atoms with van der Waals surface area (Å²) in [6.45, 7) is 8.82. The first-order chi connectivity index (χ1) is 8.70. The van der Waals surface area contributed by atoms with E-state index >= 15 is 0 Å². The summed E-state index contributed by atoms with van der Waals surface area (Å²) in [6.07, 6.45) is 4.41. The van der Waals surface area contributed by atoms with Crippen LogP contribution in [0.5, 0.6) is 0 Å². The summed E-state index contributed by atoms with van der Waals surface area (Å²) in [4.78, 5) is 0. The fourth-order valence-corrected chi connectivity index (χ4v) is 3.72. The topological polar surface area (TPSA) is 29.9 Å². The predicted molar refractivity (Wildman–Crippen MR) is 80.4 cm³/mol. The smallest absolute Gasteiger partial charge is 0.0759 e. The number of hydrogen-bond donors (Lipinski definition) is 1. The molecular weight excluding hydrogens is 242 g/mol. The molecule has 0 unspecified atom stereocenters. The van der Waals surface area contributed by atoms with Crippen LogP contribution in [-0.4, -0.2) is 27.8 Å². The Morgan fingerprint density at radius 2 is 2.39 bits per heavy atom. The van der Waals surface area contributed by atoms with Crippen LogP contribution >= 0.6 is 11.8 Å². The Hall–Kier alpha value is -0.640. The van der Waals surface area contributed by atoms with E-state index in [-0.39, 0.29) is 0 Å². The Morgan fingerprint density at radius 3 is 3.00 bits per heavy atom. The van der Waals surface area contributed by atoms with Crippen LogP contribution in [0.3, 0.4) is 0 Å². The minimum absolute atomic E-state index is 0.647. The molecule has 0 amide bonds. The number of rotatable bonds is 6. The first kappa shape index (κ1) is 13.8. The third-order valence-electron chi connectivity index (χ3n) is 3.43. The molecular formula is C14H25N3S. The monoisotopic (exact) mass is 267 g/mol. The van der Waals surface area contributed by atoms with E-state index in [9.17, 15) is 0 Å². The third kappa shape index (κ3) is 3.44. The van der Waals surface area contributed by atoms with Crippen LogP contribution in [0.25, 0.3) is 0 Å². The van der Waals surface area contributed by atoms with E-state index in [1.807, 2.05) is 6.20 Å². The molecule has 0 aromatic carbocycles. The number of hydrogen-bond acceptors (Lipinski definition) is 3. The lowest BCUT2D eigenvalue weighted by atomic mass is 10.1. The lowest BCUT2D eigenvalue weighted by Gasteiger charge is -2.13. The highest BCUT2D eigenvalue weighted by Crippen LogP contribution is 2.24. The molecule has 1 aromatic rings. The molecule has 1 atom stereocenters. The Balaban J connectivity index is 1.96. The molecule has 3 nitrogen and oxygen atoms in total. The largest absolute Gasteiger partial charge is 0.382 e. The summed E-state index contributed by atoms with van der Waals surface area (Å²) in [5.41, 5.74) is 2.60. The van der Waals surface area contributed by atoms with Gasteiger partial charge in [-0.15, -0.1) is 0 Å². The molecule has 0 radical (unpaired) electrons. The van der Waals surface area contributed by atoms with E-state index in [2.05, 4.69) is 47.6 Å². The summed E-state index contributed by atoms with van der Waals surface area (Å²) >= 11 is 2.08. The summed E-state index contributed by atoms with van der Waals surface area (Å²) in [7, 11) is 0. The van der Waals surface area contributed by atoms with Crippen molar-refractivity contribution in [1.82, 2.24) is 9.78 Å². The van der Waals surface area contributed by atoms with E-state index in [1.54, 1.807) is 0 Å². The molecule has 0 spiro atoms. The second-order valence-corrected chi connectivity index (χ2v) is 6.69. The minimum atomic E-state index is 0.647. The molecule has 1 aliphatic heterocycles. The van der Waals surface area contributed by atoms with Gasteiger partial charge in [-0.3, -0.25) is 4.68 Å². The lowest BCUT2D eigenvalue weighted by Crippen LogP contribution is -2.15. The first-order valence-corrected chi connectivity index (χ1v) is 8.22. The minimum Gasteiger partial charge on any atom is -0.382 e. The second kappa shape index (κ2) is 6.50. The molecule has 0 bridgehead atoms. The van der Waals surface area contributed by atoms with Crippen molar-refractivity contribution in [2.75, 3.05) is 23.4 Å². The molecule has 2 heterocycles. The highest BCUT2D eigenvalue weighted by atomic mass is 32.2. The number of thioether (sulfide) groups is 1. The summed E-state index contributed by atoms with van der Waals surface area (Å²) in [5, 5.41) is 8.12. The highest BCUT2D eigenvalue weighted by molar-refractivity contribution is 7.99. The summed E-state index contributed by atoms with van der Waals surface area (Å²) < 4.78 is 2.16. The van der Waals surface area contributed by atoms with E-state index in [0.29, 0.717) is 5.92 Å². The van der Waals surface area contributed by atoms with Crippen LogP contribution in [0.2, 0.25) is 0 Å². The van der Waals surface area contributed by atoms with Gasteiger partial charge in [-0.25, -0.2) is 0 Å². The summed E-state index contributed by atoms with van der Waals surface area (Å²) in [6, 6.07) is 0. The van der Waals surface area contributed by atoms with Crippen molar-refractivity contribution in [3.05, 3.63) is 11.9 Å². The van der Waals surface area contributed by atoms with Gasteiger partial charge in [-0.05, 0) is 36.2 Å². The maximum Gasteiger partial charge on any atom is 0.0759 e. The van der Waals surface area contributed by atoms with Gasteiger partial charge in [0.2, 0.25) is 0 Å². The van der Waals surface area contributed by atoms with Crippen molar-refractivity contribution in [1.29, 1.82) is 0 Å². The second-order valence-electron chi connectivity index (χ2n) is 5.54. The average molecular weight is 267 g/mol. The van der Waals surface area contributed by atoms with Crippen molar-refractivity contribution >= 4 is 17.4 Å². The van der Waals surface area contributed by atoms with Crippen molar-refractivity contribution in [2.45, 2.75) is 40.2 Å². The fourth-order valence-electron chi connectivity index (χ4n) is 2.43. The van der Waals surface area contributed by atoms with Crippen LogP contribution < -0.4 is 5.32 Å². The molecule has 1 aliphatic rings. The zero-order chi connectivity index (χ0) is 13.0. The van der Waals surface area contributed by atoms with E-state index in [4.69, 9.17) is 0 Å². The van der Waals surface area contributed by atoms with Crippen molar-refractivity contribution < 1.29 is 0 Å². The van der Waals surface area contributed by atoms with Crippen molar-refractivity contribution in [2.24, 2.45) is 11.8 Å². The van der Waals surface area contributed by atoms with Gasteiger partial charge in [-0.1, -0.05) is 20.8 Å². The van der Waals surface area contributed by atoms with Gasteiger partial charge in [-0.2, -0.15) is 16.9 Å². The van der Waals surface area contributed by atoms with E-state index in [0.717, 1.165) is 25.4 Å². The van der Waals surface area contributed by atoms with Gasteiger partial charge in [0.25, 0.3) is 0 Å². The van der Waals surface area contributed by atoms with Crippen LogP contribution in [0.1, 0.15) is 32.9 Å². The molecule has 102 valence electrons. The Morgan fingerprint density at radius 1 is 1.56 bits per heavy atom. The number of aromatic nitrogens is 2. The zero-order valence-corrected chi connectivity index (χ0v) is 12.6. The number of nitrogens with one attached hydrogen (secondary N) is 1. The van der Waals surface area contributed by atoms with Gasteiger partial charge in [0.15, 0.2) is 0 Å². The Bertz CT molecular complexity index is 367. The normalized spacial score (nSPS) is 19.7. The number of nitrogens with zero attached hydrogens (tertiary/aromatic N) is 2. The zero-order valence-electron chi connectivity index (χ0n) is 11.8. The highest BCUT2D eigenvalue weighted by Gasteiger charge is 2.16. The van der Waals surface area contributed by atoms with Crippen LogP contribution in [0.4, 0.5) is 5.69 Å². The van der Waals surface area contributed by atoms with Gasteiger partial charge in [0, 0.05) is 13.1 Å². The molecule has 1 fully saturated rings. The SMILES string of the molecule is CCc1c(NC[C@H]2CCSC2)cnn1CC(C)C. The Labute approximate surface area is 115 Å². The lowest BCUT2D eigenvalue weighted by molar-refractivity contribution is 0.470. The summed E-state index contributed by atoms with van der Waals surface area (Å²) in [5.74, 6) is 4.14. The van der Waals surface area contributed by atoms with Crippen molar-refractivity contribution in [3.63, 3.8) is 0 Å². The van der Waals surface area contributed by atoms with Crippen LogP contribution in [0, 0.1) is 11.8 Å². The van der Waals surface area contributed by atoms with Gasteiger partial charge < -0.3 is 5.32 Å². The standard InChI is InChI=1S/C14H25N3S/c1-4-14-13(8-16-17(14)9-11(2)3)15-7-12-5-6-18-10-12/h8,11-12,15H,4-7,9-10H2,1-3H3/t12-/m1/s1. The quantitative estimate of drug-likeness (QED) is 0.858. The third-order valence-corrected chi connectivity index (χ3v) is 4.66. The molecule has 1 saturated heterocycles. The molecule has 0 saturated carbocycles. The predicted octanol–water partition coefficient (Wildman–Crippen LogP) is 3.27. The van der Waals surface area contributed by atoms with Gasteiger partial charge in [0.1, 0.15) is 0 Å². The Kier molecular flexibility index (Phi) is 4.98. The maximum absolute atomic E-state index is 4.52. The molecule has 1 aromatic heterocycles. The molecule has 18 heavy (non-hydrogen) atoms. The maximum atomic E-state index is 4.52. The van der Waals surface area contributed by atoms with Crippen LogP contribution in [-0.2, 0) is 13.0 Å². The fraction of sp³-hybridized carbons (Fsp3) is 0.786. The first-order valence-electron chi connectivity index (χ1n) is 7.07. The van der Waals surface area contributed by atoms with Gasteiger partial charge in [0.05, 0.1) is 17.6 Å². The number of anilines is 1. The average Bonchev–Trinajstić information content (AvgIpc) is 2.94. The van der Waals surface area contributed by atoms with Gasteiger partial charge >= 0.3 is 0 Å². The molecule has 0 aliphatic carbocycles.